The first kappa shape index (κ1) is 16.7. The smallest absolute Gasteiger partial charge is 0.243 e. The van der Waals surface area contributed by atoms with E-state index in [1.165, 1.54) is 7.05 Å². The minimum absolute atomic E-state index is 0.0684. The standard InChI is InChI=1S/C13H18F2N2O2S2/c1-16-8-10-11(14)2-3-12(13(10)15)21(18,19)17-9-4-6-20-7-5-9/h2-3,9,16-17H,4-8H2,1H3. The number of hydrogen-bond donors (Lipinski definition) is 2. The topological polar surface area (TPSA) is 58.2 Å². The molecule has 0 amide bonds. The molecule has 1 saturated heterocycles. The fraction of sp³-hybridized carbons (Fsp3) is 0.538. The van der Waals surface area contributed by atoms with Crippen molar-refractivity contribution in [1.82, 2.24) is 10.0 Å². The molecule has 0 atom stereocenters. The van der Waals surface area contributed by atoms with Crippen LogP contribution >= 0.6 is 11.8 Å². The first-order valence-electron chi connectivity index (χ1n) is 6.67. The van der Waals surface area contributed by atoms with E-state index < -0.39 is 26.6 Å². The summed E-state index contributed by atoms with van der Waals surface area (Å²) in [5.41, 5.74) is -0.264. The number of thioether (sulfide) groups is 1. The minimum atomic E-state index is -3.98. The van der Waals surface area contributed by atoms with Gasteiger partial charge in [0, 0.05) is 18.2 Å². The lowest BCUT2D eigenvalue weighted by Crippen LogP contribution is -2.37. The van der Waals surface area contributed by atoms with Crippen LogP contribution in [0.4, 0.5) is 8.78 Å². The normalized spacial score (nSPS) is 17.1. The quantitative estimate of drug-likeness (QED) is 0.862. The fourth-order valence-corrected chi connectivity index (χ4v) is 4.74. The van der Waals surface area contributed by atoms with Crippen LogP contribution in [-0.2, 0) is 16.6 Å². The molecule has 0 bridgehead atoms. The molecular formula is C13H18F2N2O2S2. The molecule has 2 N–H and O–H groups in total. The largest absolute Gasteiger partial charge is 0.315 e. The van der Waals surface area contributed by atoms with Crippen molar-refractivity contribution < 1.29 is 17.2 Å². The molecule has 1 aliphatic heterocycles. The number of halogens is 2. The second kappa shape index (κ2) is 7.04. The van der Waals surface area contributed by atoms with Crippen molar-refractivity contribution in [1.29, 1.82) is 0 Å². The Hall–Kier alpha value is -0.700. The molecule has 2 rings (SSSR count). The van der Waals surface area contributed by atoms with E-state index in [0.29, 0.717) is 0 Å². The van der Waals surface area contributed by atoms with Gasteiger partial charge in [-0.15, -0.1) is 0 Å². The number of sulfonamides is 1. The Bertz CT molecular complexity index is 602. The maximum atomic E-state index is 14.3. The molecule has 1 aromatic carbocycles. The van der Waals surface area contributed by atoms with E-state index in [4.69, 9.17) is 0 Å². The maximum absolute atomic E-state index is 14.3. The van der Waals surface area contributed by atoms with Crippen LogP contribution in [0.15, 0.2) is 17.0 Å². The van der Waals surface area contributed by atoms with Crippen molar-refractivity contribution in [2.75, 3.05) is 18.6 Å². The monoisotopic (exact) mass is 336 g/mol. The zero-order valence-electron chi connectivity index (χ0n) is 11.7. The van der Waals surface area contributed by atoms with Crippen molar-refractivity contribution in [3.8, 4) is 0 Å². The fourth-order valence-electron chi connectivity index (χ4n) is 2.22. The molecule has 4 nitrogen and oxygen atoms in total. The summed E-state index contributed by atoms with van der Waals surface area (Å²) in [6.45, 7) is -0.0684. The molecule has 0 aliphatic carbocycles. The van der Waals surface area contributed by atoms with E-state index in [2.05, 4.69) is 10.0 Å². The van der Waals surface area contributed by atoms with Gasteiger partial charge in [-0.05, 0) is 43.5 Å². The third-order valence-corrected chi connectivity index (χ3v) is 5.92. The van der Waals surface area contributed by atoms with E-state index >= 15 is 0 Å². The zero-order chi connectivity index (χ0) is 15.5. The van der Waals surface area contributed by atoms with Crippen LogP contribution in [0, 0.1) is 11.6 Å². The van der Waals surface area contributed by atoms with Crippen LogP contribution in [0.2, 0.25) is 0 Å². The molecule has 1 heterocycles. The molecule has 21 heavy (non-hydrogen) atoms. The summed E-state index contributed by atoms with van der Waals surface area (Å²) in [5.74, 6) is -0.0225. The van der Waals surface area contributed by atoms with Crippen LogP contribution < -0.4 is 10.0 Å². The van der Waals surface area contributed by atoms with Crippen LogP contribution in [0.25, 0.3) is 0 Å². The van der Waals surface area contributed by atoms with E-state index in [0.717, 1.165) is 36.5 Å². The summed E-state index contributed by atoms with van der Waals surface area (Å²) in [5, 5.41) is 2.63. The average Bonchev–Trinajstić information content (AvgIpc) is 2.43. The second-order valence-corrected chi connectivity index (χ2v) is 7.78. The van der Waals surface area contributed by atoms with Gasteiger partial charge in [0.15, 0.2) is 5.82 Å². The number of nitrogens with one attached hydrogen (secondary N) is 2. The highest BCUT2D eigenvalue weighted by Crippen LogP contribution is 2.23. The lowest BCUT2D eigenvalue weighted by atomic mass is 10.2. The van der Waals surface area contributed by atoms with Crippen LogP contribution in [0.3, 0.4) is 0 Å². The van der Waals surface area contributed by atoms with Gasteiger partial charge in [0.25, 0.3) is 0 Å². The van der Waals surface area contributed by atoms with E-state index in [1.54, 1.807) is 11.8 Å². The highest BCUT2D eigenvalue weighted by molar-refractivity contribution is 7.99. The molecule has 0 saturated carbocycles. The van der Waals surface area contributed by atoms with E-state index in [1.807, 2.05) is 0 Å². The summed E-state index contributed by atoms with van der Waals surface area (Å²) in [7, 11) is -2.44. The van der Waals surface area contributed by atoms with Gasteiger partial charge < -0.3 is 5.32 Å². The van der Waals surface area contributed by atoms with Crippen LogP contribution in [0.1, 0.15) is 18.4 Å². The van der Waals surface area contributed by atoms with Gasteiger partial charge in [0.1, 0.15) is 10.7 Å². The Labute approximate surface area is 127 Å². The first-order valence-corrected chi connectivity index (χ1v) is 9.31. The van der Waals surface area contributed by atoms with Crippen molar-refractivity contribution in [3.05, 3.63) is 29.3 Å². The molecule has 118 valence electrons. The first-order chi connectivity index (χ1) is 9.95. The van der Waals surface area contributed by atoms with Gasteiger partial charge in [-0.3, -0.25) is 0 Å². The number of rotatable bonds is 5. The number of hydrogen-bond acceptors (Lipinski definition) is 4. The Balaban J connectivity index is 2.29. The Morgan fingerprint density at radius 1 is 1.29 bits per heavy atom. The minimum Gasteiger partial charge on any atom is -0.315 e. The summed E-state index contributed by atoms with van der Waals surface area (Å²) >= 11 is 1.77. The Morgan fingerprint density at radius 2 is 1.95 bits per heavy atom. The van der Waals surface area contributed by atoms with E-state index in [-0.39, 0.29) is 18.2 Å². The molecule has 1 aliphatic rings. The third kappa shape index (κ3) is 3.94. The van der Waals surface area contributed by atoms with Gasteiger partial charge in [-0.25, -0.2) is 21.9 Å². The second-order valence-electron chi connectivity index (χ2n) is 4.88. The molecule has 0 spiro atoms. The van der Waals surface area contributed by atoms with Gasteiger partial charge in [-0.2, -0.15) is 11.8 Å². The van der Waals surface area contributed by atoms with E-state index in [9.17, 15) is 17.2 Å². The third-order valence-electron chi connectivity index (χ3n) is 3.34. The molecular weight excluding hydrogens is 318 g/mol. The lowest BCUT2D eigenvalue weighted by molar-refractivity contribution is 0.504. The maximum Gasteiger partial charge on any atom is 0.243 e. The Morgan fingerprint density at radius 3 is 2.57 bits per heavy atom. The molecule has 0 unspecified atom stereocenters. The highest BCUT2D eigenvalue weighted by Gasteiger charge is 2.26. The SMILES string of the molecule is CNCc1c(F)ccc(S(=O)(=O)NC2CCSCC2)c1F. The predicted octanol–water partition coefficient (Wildman–Crippen LogP) is 1.86. The molecule has 1 fully saturated rings. The summed E-state index contributed by atoms with van der Waals surface area (Å²) < 4.78 is 54.9. The molecule has 8 heteroatoms. The van der Waals surface area contributed by atoms with Crippen molar-refractivity contribution >= 4 is 21.8 Å². The van der Waals surface area contributed by atoms with Gasteiger partial charge in [-0.1, -0.05) is 0 Å². The van der Waals surface area contributed by atoms with Crippen molar-refractivity contribution in [2.24, 2.45) is 0 Å². The summed E-state index contributed by atoms with van der Waals surface area (Å²) in [6.07, 6.45) is 1.44. The zero-order valence-corrected chi connectivity index (χ0v) is 13.3. The van der Waals surface area contributed by atoms with Crippen molar-refractivity contribution in [3.63, 3.8) is 0 Å². The lowest BCUT2D eigenvalue weighted by Gasteiger charge is -2.22. The van der Waals surface area contributed by atoms with Crippen LogP contribution in [-0.4, -0.2) is 33.0 Å². The summed E-state index contributed by atoms with van der Waals surface area (Å²) in [4.78, 5) is -0.493. The van der Waals surface area contributed by atoms with Gasteiger partial charge in [0.05, 0.1) is 0 Å². The van der Waals surface area contributed by atoms with Gasteiger partial charge in [0.2, 0.25) is 10.0 Å². The van der Waals surface area contributed by atoms with Crippen molar-refractivity contribution in [2.45, 2.75) is 30.3 Å². The molecule has 0 radical (unpaired) electrons. The number of benzene rings is 1. The average molecular weight is 336 g/mol. The molecule has 0 aromatic heterocycles. The summed E-state index contributed by atoms with van der Waals surface area (Å²) in [6, 6.07) is 1.78. The Kier molecular flexibility index (Phi) is 5.59. The predicted molar refractivity (Wildman–Crippen MR) is 79.8 cm³/mol. The highest BCUT2D eigenvalue weighted by atomic mass is 32.2. The molecule has 1 aromatic rings. The van der Waals surface area contributed by atoms with Crippen LogP contribution in [0.5, 0.6) is 0 Å². The van der Waals surface area contributed by atoms with Gasteiger partial charge >= 0.3 is 0 Å².